The maximum absolute atomic E-state index is 13.1. The van der Waals surface area contributed by atoms with Crippen molar-refractivity contribution in [2.75, 3.05) is 25.1 Å². The van der Waals surface area contributed by atoms with Gasteiger partial charge in [-0.1, -0.05) is 25.1 Å². The van der Waals surface area contributed by atoms with Crippen molar-refractivity contribution in [3.63, 3.8) is 0 Å². The third-order valence-electron chi connectivity index (χ3n) is 5.22. The van der Waals surface area contributed by atoms with Crippen LogP contribution in [0.3, 0.4) is 0 Å². The molecule has 0 radical (unpaired) electrons. The molecule has 0 aromatic heterocycles. The Kier molecular flexibility index (Phi) is 5.01. The van der Waals surface area contributed by atoms with E-state index >= 15 is 0 Å². The lowest BCUT2D eigenvalue weighted by molar-refractivity contribution is -0.136. The maximum Gasteiger partial charge on any atom is 0.278 e. The van der Waals surface area contributed by atoms with Crippen LogP contribution in [0.1, 0.15) is 30.0 Å². The van der Waals surface area contributed by atoms with E-state index in [1.165, 1.54) is 4.90 Å². The highest BCUT2D eigenvalue weighted by Crippen LogP contribution is 2.35. The first-order valence-corrected chi connectivity index (χ1v) is 9.84. The standard InChI is InChI=1S/C23H24N2O4/c1-4-9-25-22(26)20(16-6-5-14(2)15(3)12-16)21(23(25)27)24-17-7-8-18-19(13-17)29-11-10-28-18/h5-8,12-13,24H,4,9-11H2,1-3H3. The highest BCUT2D eigenvalue weighted by Gasteiger charge is 2.38. The second-order valence-electron chi connectivity index (χ2n) is 7.29. The van der Waals surface area contributed by atoms with E-state index in [0.29, 0.717) is 54.6 Å². The summed E-state index contributed by atoms with van der Waals surface area (Å²) in [6.45, 7) is 7.35. The van der Waals surface area contributed by atoms with Gasteiger partial charge in [0.25, 0.3) is 11.8 Å². The number of hydrogen-bond donors (Lipinski definition) is 1. The number of aryl methyl sites for hydroxylation is 2. The van der Waals surface area contributed by atoms with Crippen LogP contribution in [-0.2, 0) is 9.59 Å². The summed E-state index contributed by atoms with van der Waals surface area (Å²) < 4.78 is 11.2. The molecular formula is C23H24N2O4. The summed E-state index contributed by atoms with van der Waals surface area (Å²) in [6.07, 6.45) is 0.703. The second-order valence-corrected chi connectivity index (χ2v) is 7.29. The topological polar surface area (TPSA) is 67.9 Å². The van der Waals surface area contributed by atoms with E-state index in [-0.39, 0.29) is 11.8 Å². The van der Waals surface area contributed by atoms with Crippen molar-refractivity contribution in [3.8, 4) is 11.5 Å². The Morgan fingerprint density at radius 2 is 1.69 bits per heavy atom. The molecular weight excluding hydrogens is 368 g/mol. The van der Waals surface area contributed by atoms with Gasteiger partial charge >= 0.3 is 0 Å². The normalized spacial score (nSPS) is 15.9. The molecule has 150 valence electrons. The third kappa shape index (κ3) is 3.46. The minimum atomic E-state index is -0.306. The molecule has 0 fully saturated rings. The summed E-state index contributed by atoms with van der Waals surface area (Å²) in [7, 11) is 0. The molecule has 0 unspecified atom stereocenters. The van der Waals surface area contributed by atoms with Gasteiger partial charge in [-0.05, 0) is 49.1 Å². The zero-order valence-corrected chi connectivity index (χ0v) is 16.9. The van der Waals surface area contributed by atoms with Gasteiger partial charge in [-0.3, -0.25) is 14.5 Å². The van der Waals surface area contributed by atoms with Crippen LogP contribution in [0.15, 0.2) is 42.1 Å². The molecule has 6 nitrogen and oxygen atoms in total. The Hall–Kier alpha value is -3.28. The van der Waals surface area contributed by atoms with Crippen LogP contribution in [0.5, 0.6) is 11.5 Å². The number of anilines is 1. The van der Waals surface area contributed by atoms with Crippen molar-refractivity contribution in [1.29, 1.82) is 0 Å². The van der Waals surface area contributed by atoms with Gasteiger partial charge in [0.15, 0.2) is 11.5 Å². The molecule has 0 aliphatic carbocycles. The van der Waals surface area contributed by atoms with Gasteiger partial charge in [0, 0.05) is 18.3 Å². The van der Waals surface area contributed by atoms with Crippen LogP contribution in [0.2, 0.25) is 0 Å². The number of nitrogens with zero attached hydrogens (tertiary/aromatic N) is 1. The zero-order chi connectivity index (χ0) is 20.5. The second kappa shape index (κ2) is 7.62. The smallest absolute Gasteiger partial charge is 0.278 e. The first kappa shape index (κ1) is 19.1. The molecule has 2 aromatic rings. The number of hydrogen-bond acceptors (Lipinski definition) is 5. The molecule has 0 atom stereocenters. The fraction of sp³-hybridized carbons (Fsp3) is 0.304. The van der Waals surface area contributed by atoms with Crippen molar-refractivity contribution in [2.24, 2.45) is 0 Å². The summed E-state index contributed by atoms with van der Waals surface area (Å²) in [5.74, 6) is 0.725. The number of rotatable bonds is 5. The number of fused-ring (bicyclic) bond motifs is 1. The molecule has 0 bridgehead atoms. The predicted octanol–water partition coefficient (Wildman–Crippen LogP) is 3.68. The lowest BCUT2D eigenvalue weighted by Gasteiger charge is -2.19. The summed E-state index contributed by atoms with van der Waals surface area (Å²) in [4.78, 5) is 27.5. The molecule has 2 aliphatic heterocycles. The van der Waals surface area contributed by atoms with Crippen molar-refractivity contribution in [3.05, 3.63) is 58.8 Å². The first-order valence-electron chi connectivity index (χ1n) is 9.84. The maximum atomic E-state index is 13.1. The van der Waals surface area contributed by atoms with Crippen LogP contribution in [0.25, 0.3) is 5.57 Å². The van der Waals surface area contributed by atoms with Gasteiger partial charge < -0.3 is 14.8 Å². The quantitative estimate of drug-likeness (QED) is 0.787. The Balaban J connectivity index is 1.76. The molecule has 2 heterocycles. The molecule has 4 rings (SSSR count). The van der Waals surface area contributed by atoms with Gasteiger partial charge in [0.05, 0.1) is 5.57 Å². The number of imide groups is 1. The molecule has 2 aromatic carbocycles. The Morgan fingerprint density at radius 3 is 2.41 bits per heavy atom. The Bertz CT molecular complexity index is 1030. The number of ether oxygens (including phenoxy) is 2. The van der Waals surface area contributed by atoms with Crippen molar-refractivity contribution >= 4 is 23.1 Å². The summed E-state index contributed by atoms with van der Waals surface area (Å²) in [5, 5.41) is 3.17. The molecule has 0 spiro atoms. The van der Waals surface area contributed by atoms with Gasteiger partial charge in [-0.15, -0.1) is 0 Å². The summed E-state index contributed by atoms with van der Waals surface area (Å²) in [6, 6.07) is 11.2. The van der Waals surface area contributed by atoms with Crippen LogP contribution >= 0.6 is 0 Å². The Labute approximate surface area is 170 Å². The van der Waals surface area contributed by atoms with Crippen molar-refractivity contribution in [2.45, 2.75) is 27.2 Å². The fourth-order valence-electron chi connectivity index (χ4n) is 3.55. The van der Waals surface area contributed by atoms with Crippen LogP contribution in [0, 0.1) is 13.8 Å². The largest absolute Gasteiger partial charge is 0.486 e. The molecule has 0 saturated carbocycles. The lowest BCUT2D eigenvalue weighted by Crippen LogP contribution is -2.33. The number of benzene rings is 2. The fourth-order valence-corrected chi connectivity index (χ4v) is 3.55. The lowest BCUT2D eigenvalue weighted by atomic mass is 9.99. The number of amides is 2. The van der Waals surface area contributed by atoms with E-state index in [9.17, 15) is 9.59 Å². The van der Waals surface area contributed by atoms with Gasteiger partial charge in [-0.25, -0.2) is 0 Å². The molecule has 2 amide bonds. The van der Waals surface area contributed by atoms with Crippen LogP contribution in [-0.4, -0.2) is 36.5 Å². The van der Waals surface area contributed by atoms with E-state index in [0.717, 1.165) is 16.7 Å². The number of nitrogens with one attached hydrogen (secondary N) is 1. The minimum Gasteiger partial charge on any atom is -0.486 e. The van der Waals surface area contributed by atoms with Crippen LogP contribution < -0.4 is 14.8 Å². The third-order valence-corrected chi connectivity index (χ3v) is 5.22. The monoisotopic (exact) mass is 392 g/mol. The average Bonchev–Trinajstić information content (AvgIpc) is 2.95. The van der Waals surface area contributed by atoms with Gasteiger partial charge in [-0.2, -0.15) is 0 Å². The van der Waals surface area contributed by atoms with Gasteiger partial charge in [0.1, 0.15) is 18.9 Å². The summed E-state index contributed by atoms with van der Waals surface area (Å²) in [5.41, 5.74) is 4.32. The van der Waals surface area contributed by atoms with E-state index in [2.05, 4.69) is 5.32 Å². The molecule has 1 N–H and O–H groups in total. The number of carbonyl (C=O) groups is 2. The highest BCUT2D eigenvalue weighted by molar-refractivity contribution is 6.36. The van der Waals surface area contributed by atoms with E-state index in [1.807, 2.05) is 45.0 Å². The van der Waals surface area contributed by atoms with E-state index in [4.69, 9.17) is 9.47 Å². The number of carbonyl (C=O) groups excluding carboxylic acids is 2. The molecule has 6 heteroatoms. The van der Waals surface area contributed by atoms with Crippen molar-refractivity contribution < 1.29 is 19.1 Å². The minimum absolute atomic E-state index is 0.264. The zero-order valence-electron chi connectivity index (χ0n) is 16.9. The Morgan fingerprint density at radius 1 is 0.931 bits per heavy atom. The predicted molar refractivity (Wildman–Crippen MR) is 111 cm³/mol. The van der Waals surface area contributed by atoms with Crippen LogP contribution in [0.4, 0.5) is 5.69 Å². The van der Waals surface area contributed by atoms with Crippen molar-refractivity contribution in [1.82, 2.24) is 4.90 Å². The van der Waals surface area contributed by atoms with Gasteiger partial charge in [0.2, 0.25) is 0 Å². The first-order chi connectivity index (χ1) is 14.0. The molecule has 29 heavy (non-hydrogen) atoms. The highest BCUT2D eigenvalue weighted by atomic mass is 16.6. The summed E-state index contributed by atoms with van der Waals surface area (Å²) >= 11 is 0. The SMILES string of the molecule is CCCN1C(=O)C(Nc2ccc3c(c2)OCCO3)=C(c2ccc(C)c(C)c2)C1=O. The average molecular weight is 392 g/mol. The van der Waals surface area contributed by atoms with E-state index in [1.54, 1.807) is 12.1 Å². The van der Waals surface area contributed by atoms with E-state index < -0.39 is 0 Å². The molecule has 2 aliphatic rings. The molecule has 0 saturated heterocycles.